The van der Waals surface area contributed by atoms with Crippen LogP contribution in [0.3, 0.4) is 0 Å². The summed E-state index contributed by atoms with van der Waals surface area (Å²) < 4.78 is 10.5. The van der Waals surface area contributed by atoms with Crippen LogP contribution >= 0.6 is 0 Å². The third-order valence-electron chi connectivity index (χ3n) is 4.92. The molecule has 2 aromatic heterocycles. The smallest absolute Gasteiger partial charge is 0.240 e. The van der Waals surface area contributed by atoms with Gasteiger partial charge in [0.05, 0.1) is 13.7 Å². The van der Waals surface area contributed by atoms with Crippen LogP contribution in [-0.2, 0) is 6.54 Å². The van der Waals surface area contributed by atoms with Crippen molar-refractivity contribution in [1.82, 2.24) is 25.0 Å². The molecule has 1 aliphatic carbocycles. The van der Waals surface area contributed by atoms with Crippen LogP contribution in [0.4, 0.5) is 5.82 Å². The van der Waals surface area contributed by atoms with E-state index in [-0.39, 0.29) is 0 Å². The van der Waals surface area contributed by atoms with Gasteiger partial charge < -0.3 is 14.2 Å². The van der Waals surface area contributed by atoms with Crippen LogP contribution in [0.25, 0.3) is 0 Å². The molecule has 0 bridgehead atoms. The molecule has 2 aromatic rings. The number of anilines is 1. The Kier molecular flexibility index (Phi) is 4.52. The number of aromatic nitrogens is 4. The molecule has 1 saturated carbocycles. The molecular formula is C17H24N6O2. The van der Waals surface area contributed by atoms with Gasteiger partial charge in [-0.25, -0.2) is 9.97 Å². The lowest BCUT2D eigenvalue weighted by Crippen LogP contribution is -2.46. The predicted molar refractivity (Wildman–Crippen MR) is 91.4 cm³/mol. The number of methoxy groups -OCH3 is 1. The maximum absolute atomic E-state index is 5.27. The first kappa shape index (κ1) is 16.3. The number of aryl methyl sites for hydroxylation is 1. The lowest BCUT2D eigenvalue weighted by Gasteiger charge is -2.39. The summed E-state index contributed by atoms with van der Waals surface area (Å²) in [6, 6.07) is 3.06. The fraction of sp³-hybridized carbons (Fsp3) is 0.647. The number of likely N-dealkylation sites (tertiary alicyclic amines) is 1. The Labute approximate surface area is 147 Å². The van der Waals surface area contributed by atoms with Crippen molar-refractivity contribution >= 4 is 5.82 Å². The van der Waals surface area contributed by atoms with Crippen molar-refractivity contribution in [2.45, 2.75) is 51.2 Å². The second kappa shape index (κ2) is 6.95. The maximum Gasteiger partial charge on any atom is 0.240 e. The Balaban J connectivity index is 1.40. The number of nitrogens with zero attached hydrogens (tertiary/aromatic N) is 6. The summed E-state index contributed by atoms with van der Waals surface area (Å²) in [5, 5.41) is 3.87. The normalized spacial score (nSPS) is 19.1. The zero-order valence-corrected chi connectivity index (χ0v) is 14.8. The molecule has 0 spiro atoms. The fourth-order valence-corrected chi connectivity index (χ4v) is 3.56. The van der Waals surface area contributed by atoms with Crippen molar-refractivity contribution in [2.24, 2.45) is 0 Å². The topological polar surface area (TPSA) is 80.4 Å². The van der Waals surface area contributed by atoms with Gasteiger partial charge in [0.1, 0.15) is 12.1 Å². The molecule has 3 heterocycles. The van der Waals surface area contributed by atoms with E-state index in [0.717, 1.165) is 38.3 Å². The van der Waals surface area contributed by atoms with Gasteiger partial charge in [0, 0.05) is 31.2 Å². The number of ether oxygens (including phenoxy) is 1. The standard InChI is InChI=1S/C17H24N6O2/c1-12-20-17(25-21-12)10-22-7-5-14(6-8-22)23(13-3-4-13)15-9-16(24-2)19-11-18-15/h9,11,13-14H,3-8,10H2,1-2H3. The van der Waals surface area contributed by atoms with Crippen LogP contribution in [0.1, 0.15) is 37.4 Å². The Bertz CT molecular complexity index is 709. The molecule has 0 radical (unpaired) electrons. The molecule has 4 rings (SSSR count). The molecule has 0 amide bonds. The highest BCUT2D eigenvalue weighted by atomic mass is 16.5. The second-order valence-corrected chi connectivity index (χ2v) is 6.80. The Morgan fingerprint density at radius 1 is 1.20 bits per heavy atom. The zero-order valence-electron chi connectivity index (χ0n) is 14.8. The van der Waals surface area contributed by atoms with Gasteiger partial charge in [0.25, 0.3) is 0 Å². The first-order valence-corrected chi connectivity index (χ1v) is 8.89. The highest BCUT2D eigenvalue weighted by Gasteiger charge is 2.36. The van der Waals surface area contributed by atoms with E-state index in [9.17, 15) is 0 Å². The SMILES string of the molecule is COc1cc(N(C2CC2)C2CCN(Cc3nc(C)no3)CC2)ncn1. The third-order valence-corrected chi connectivity index (χ3v) is 4.92. The summed E-state index contributed by atoms with van der Waals surface area (Å²) in [6.07, 6.45) is 6.30. The van der Waals surface area contributed by atoms with E-state index in [2.05, 4.69) is 29.9 Å². The summed E-state index contributed by atoms with van der Waals surface area (Å²) >= 11 is 0. The summed E-state index contributed by atoms with van der Waals surface area (Å²) in [6.45, 7) is 4.64. The van der Waals surface area contributed by atoms with Crippen LogP contribution in [0.15, 0.2) is 16.9 Å². The van der Waals surface area contributed by atoms with Gasteiger partial charge in [-0.15, -0.1) is 0 Å². The zero-order chi connectivity index (χ0) is 17.2. The molecule has 2 fully saturated rings. The van der Waals surface area contributed by atoms with E-state index in [1.54, 1.807) is 13.4 Å². The minimum absolute atomic E-state index is 0.507. The highest BCUT2D eigenvalue weighted by molar-refractivity contribution is 5.45. The van der Waals surface area contributed by atoms with Gasteiger partial charge in [0.15, 0.2) is 5.82 Å². The van der Waals surface area contributed by atoms with Gasteiger partial charge >= 0.3 is 0 Å². The monoisotopic (exact) mass is 344 g/mol. The van der Waals surface area contributed by atoms with Crippen molar-refractivity contribution in [3.8, 4) is 5.88 Å². The van der Waals surface area contributed by atoms with Crippen molar-refractivity contribution in [3.05, 3.63) is 24.1 Å². The quantitative estimate of drug-likeness (QED) is 0.785. The molecule has 0 unspecified atom stereocenters. The number of hydrogen-bond acceptors (Lipinski definition) is 8. The molecule has 0 N–H and O–H groups in total. The Morgan fingerprint density at radius 3 is 2.60 bits per heavy atom. The molecule has 2 aliphatic rings. The molecule has 134 valence electrons. The maximum atomic E-state index is 5.27. The molecule has 0 aromatic carbocycles. The van der Waals surface area contributed by atoms with Gasteiger partial charge in [0.2, 0.25) is 11.8 Å². The Hall–Kier alpha value is -2.22. The van der Waals surface area contributed by atoms with Gasteiger partial charge in [-0.1, -0.05) is 5.16 Å². The first-order valence-electron chi connectivity index (χ1n) is 8.89. The van der Waals surface area contributed by atoms with Crippen molar-refractivity contribution in [3.63, 3.8) is 0 Å². The van der Waals surface area contributed by atoms with Gasteiger partial charge in [-0.05, 0) is 32.6 Å². The molecule has 1 saturated heterocycles. The summed E-state index contributed by atoms with van der Waals surface area (Å²) in [4.78, 5) is 17.8. The minimum atomic E-state index is 0.507. The molecule has 8 nitrogen and oxygen atoms in total. The molecular weight excluding hydrogens is 320 g/mol. The van der Waals surface area contributed by atoms with Gasteiger partial charge in [-0.2, -0.15) is 4.98 Å². The first-order chi connectivity index (χ1) is 12.2. The van der Waals surface area contributed by atoms with Crippen LogP contribution in [-0.4, -0.2) is 57.3 Å². The van der Waals surface area contributed by atoms with Crippen LogP contribution < -0.4 is 9.64 Å². The van der Waals surface area contributed by atoms with Crippen molar-refractivity contribution < 1.29 is 9.26 Å². The van der Waals surface area contributed by atoms with Crippen LogP contribution in [0, 0.1) is 6.92 Å². The highest BCUT2D eigenvalue weighted by Crippen LogP contribution is 2.36. The van der Waals surface area contributed by atoms with E-state index in [1.807, 2.05) is 13.0 Å². The van der Waals surface area contributed by atoms with Crippen LogP contribution in [0.5, 0.6) is 5.88 Å². The Morgan fingerprint density at radius 2 is 1.96 bits per heavy atom. The van der Waals surface area contributed by atoms with Crippen molar-refractivity contribution in [1.29, 1.82) is 0 Å². The molecule has 25 heavy (non-hydrogen) atoms. The lowest BCUT2D eigenvalue weighted by molar-refractivity contribution is 0.178. The van der Waals surface area contributed by atoms with Gasteiger partial charge in [-0.3, -0.25) is 4.90 Å². The molecule has 0 atom stereocenters. The van der Waals surface area contributed by atoms with E-state index >= 15 is 0 Å². The summed E-state index contributed by atoms with van der Waals surface area (Å²) in [5.74, 6) is 3.01. The minimum Gasteiger partial charge on any atom is -0.481 e. The van der Waals surface area contributed by atoms with E-state index < -0.39 is 0 Å². The third kappa shape index (κ3) is 3.73. The lowest BCUT2D eigenvalue weighted by atomic mass is 10.0. The fourth-order valence-electron chi connectivity index (χ4n) is 3.56. The van der Waals surface area contributed by atoms with Crippen molar-refractivity contribution in [2.75, 3.05) is 25.1 Å². The number of hydrogen-bond donors (Lipinski definition) is 0. The average molecular weight is 344 g/mol. The van der Waals surface area contributed by atoms with E-state index in [0.29, 0.717) is 29.7 Å². The molecule has 1 aliphatic heterocycles. The van der Waals surface area contributed by atoms with E-state index in [4.69, 9.17) is 9.26 Å². The second-order valence-electron chi connectivity index (χ2n) is 6.80. The van der Waals surface area contributed by atoms with E-state index in [1.165, 1.54) is 12.8 Å². The summed E-state index contributed by atoms with van der Waals surface area (Å²) in [7, 11) is 1.64. The number of piperidine rings is 1. The predicted octanol–water partition coefficient (Wildman–Crippen LogP) is 1.81. The largest absolute Gasteiger partial charge is 0.481 e. The average Bonchev–Trinajstić information content (AvgIpc) is 3.38. The summed E-state index contributed by atoms with van der Waals surface area (Å²) in [5.41, 5.74) is 0. The number of rotatable bonds is 6. The molecule has 8 heteroatoms. The van der Waals surface area contributed by atoms with Crippen LogP contribution in [0.2, 0.25) is 0 Å².